The number of hydrogen-bond donors (Lipinski definition) is 0. The summed E-state index contributed by atoms with van der Waals surface area (Å²) in [5.41, 5.74) is 2.73. The maximum absolute atomic E-state index is 12.0. The third-order valence-electron chi connectivity index (χ3n) is 4.18. The third kappa shape index (κ3) is 2.28. The van der Waals surface area contributed by atoms with E-state index in [4.69, 9.17) is 4.74 Å². The summed E-state index contributed by atoms with van der Waals surface area (Å²) in [6.07, 6.45) is 5.71. The molecule has 0 saturated heterocycles. The van der Waals surface area contributed by atoms with Crippen LogP contribution in [0.3, 0.4) is 0 Å². The van der Waals surface area contributed by atoms with Gasteiger partial charge in [0.15, 0.2) is 5.70 Å². The van der Waals surface area contributed by atoms with Crippen molar-refractivity contribution < 1.29 is 9.53 Å². The molecular formula is C15H19N3O2. The van der Waals surface area contributed by atoms with Gasteiger partial charge in [0, 0.05) is 13.2 Å². The quantitative estimate of drug-likeness (QED) is 0.583. The molecule has 1 saturated carbocycles. The fourth-order valence-electron chi connectivity index (χ4n) is 2.69. The number of aromatic nitrogens is 2. The van der Waals surface area contributed by atoms with E-state index in [1.54, 1.807) is 24.0 Å². The molecule has 0 atom stereocenters. The summed E-state index contributed by atoms with van der Waals surface area (Å²) in [4.78, 5) is 16.4. The van der Waals surface area contributed by atoms with Crippen molar-refractivity contribution in [3.63, 3.8) is 0 Å². The predicted molar refractivity (Wildman–Crippen MR) is 75.1 cm³/mol. The number of ether oxygens (including phenoxy) is 1. The number of cyclic esters (lactones) is 1. The third-order valence-corrected chi connectivity index (χ3v) is 4.18. The van der Waals surface area contributed by atoms with Crippen LogP contribution < -0.4 is 0 Å². The first-order valence-corrected chi connectivity index (χ1v) is 6.97. The maximum atomic E-state index is 12.0. The Kier molecular flexibility index (Phi) is 3.00. The van der Waals surface area contributed by atoms with E-state index in [1.807, 2.05) is 0 Å². The number of rotatable bonds is 1. The van der Waals surface area contributed by atoms with Crippen molar-refractivity contribution in [1.29, 1.82) is 0 Å². The Labute approximate surface area is 118 Å². The lowest BCUT2D eigenvalue weighted by Gasteiger charge is -2.30. The molecule has 3 rings (SSSR count). The Morgan fingerprint density at radius 1 is 1.30 bits per heavy atom. The van der Waals surface area contributed by atoms with Crippen molar-refractivity contribution in [1.82, 2.24) is 9.78 Å². The smallest absolute Gasteiger partial charge is 0.363 e. The SMILES string of the molecule is Cn1nccc1C1=NC(=C2CCC(C)(C)CC2)C(=O)O1. The lowest BCUT2D eigenvalue weighted by molar-refractivity contribution is -0.130. The first kappa shape index (κ1) is 13.1. The van der Waals surface area contributed by atoms with E-state index in [9.17, 15) is 4.79 Å². The van der Waals surface area contributed by atoms with Gasteiger partial charge in [0.25, 0.3) is 0 Å². The van der Waals surface area contributed by atoms with Crippen LogP contribution in [0.25, 0.3) is 0 Å². The summed E-state index contributed by atoms with van der Waals surface area (Å²) in [5.74, 6) is 0.0400. The molecule has 2 aliphatic rings. The Hall–Kier alpha value is -1.91. The van der Waals surface area contributed by atoms with Gasteiger partial charge in [0.05, 0.1) is 0 Å². The highest BCUT2D eigenvalue weighted by atomic mass is 16.6. The van der Waals surface area contributed by atoms with Crippen LogP contribution in [-0.4, -0.2) is 21.6 Å². The summed E-state index contributed by atoms with van der Waals surface area (Å²) in [6.45, 7) is 4.54. The molecule has 1 fully saturated rings. The number of aryl methyl sites for hydroxylation is 1. The summed E-state index contributed by atoms with van der Waals surface area (Å²) >= 11 is 0. The van der Waals surface area contributed by atoms with E-state index in [-0.39, 0.29) is 5.97 Å². The van der Waals surface area contributed by atoms with Crippen LogP contribution in [0, 0.1) is 5.41 Å². The predicted octanol–water partition coefficient (Wildman–Crippen LogP) is 2.58. The van der Waals surface area contributed by atoms with Crippen molar-refractivity contribution >= 4 is 11.9 Å². The van der Waals surface area contributed by atoms with E-state index in [2.05, 4.69) is 23.9 Å². The van der Waals surface area contributed by atoms with Crippen LogP contribution in [0.5, 0.6) is 0 Å². The number of aliphatic imine (C=N–C) groups is 1. The molecule has 0 bridgehead atoms. The van der Waals surface area contributed by atoms with Gasteiger partial charge in [0.2, 0.25) is 5.90 Å². The van der Waals surface area contributed by atoms with Gasteiger partial charge in [-0.25, -0.2) is 9.79 Å². The largest absolute Gasteiger partial charge is 0.400 e. The zero-order valence-corrected chi connectivity index (χ0v) is 12.1. The zero-order chi connectivity index (χ0) is 14.3. The summed E-state index contributed by atoms with van der Waals surface area (Å²) in [5, 5.41) is 4.07. The Balaban J connectivity index is 1.90. The zero-order valence-electron chi connectivity index (χ0n) is 12.1. The van der Waals surface area contributed by atoms with Crippen LogP contribution >= 0.6 is 0 Å². The van der Waals surface area contributed by atoms with Gasteiger partial charge in [0.1, 0.15) is 5.69 Å². The van der Waals surface area contributed by atoms with Crippen molar-refractivity contribution in [3.05, 3.63) is 29.2 Å². The van der Waals surface area contributed by atoms with Gasteiger partial charge in [-0.3, -0.25) is 4.68 Å². The highest BCUT2D eigenvalue weighted by Gasteiger charge is 2.32. The molecule has 1 aliphatic carbocycles. The molecule has 0 amide bonds. The fraction of sp³-hybridized carbons (Fsp3) is 0.533. The number of carbonyl (C=O) groups excluding carboxylic acids is 1. The molecule has 0 unspecified atom stereocenters. The monoisotopic (exact) mass is 273 g/mol. The minimum Gasteiger partial charge on any atom is -0.400 e. The molecule has 0 spiro atoms. The van der Waals surface area contributed by atoms with E-state index >= 15 is 0 Å². The molecule has 1 aliphatic heterocycles. The lowest BCUT2D eigenvalue weighted by Crippen LogP contribution is -2.18. The Morgan fingerprint density at radius 3 is 2.60 bits per heavy atom. The molecule has 5 heteroatoms. The van der Waals surface area contributed by atoms with Gasteiger partial charge < -0.3 is 4.74 Å². The van der Waals surface area contributed by atoms with Gasteiger partial charge >= 0.3 is 5.97 Å². The second-order valence-electron chi connectivity index (χ2n) is 6.26. The van der Waals surface area contributed by atoms with Crippen molar-refractivity contribution in [3.8, 4) is 0 Å². The topological polar surface area (TPSA) is 56.5 Å². The van der Waals surface area contributed by atoms with Gasteiger partial charge in [-0.1, -0.05) is 13.8 Å². The lowest BCUT2D eigenvalue weighted by atomic mass is 9.75. The summed E-state index contributed by atoms with van der Waals surface area (Å²) in [7, 11) is 1.81. The van der Waals surface area contributed by atoms with Gasteiger partial charge in [-0.05, 0) is 42.7 Å². The maximum Gasteiger partial charge on any atom is 0.363 e. The summed E-state index contributed by atoms with van der Waals surface area (Å²) < 4.78 is 6.95. The molecule has 1 aromatic rings. The first-order chi connectivity index (χ1) is 9.46. The molecule has 5 nitrogen and oxygen atoms in total. The first-order valence-electron chi connectivity index (χ1n) is 6.97. The van der Waals surface area contributed by atoms with E-state index < -0.39 is 0 Å². The van der Waals surface area contributed by atoms with Crippen molar-refractivity contribution in [2.45, 2.75) is 39.5 Å². The van der Waals surface area contributed by atoms with E-state index in [0.29, 0.717) is 17.0 Å². The van der Waals surface area contributed by atoms with Crippen molar-refractivity contribution in [2.75, 3.05) is 0 Å². The second-order valence-corrected chi connectivity index (χ2v) is 6.26. The molecule has 106 valence electrons. The molecular weight excluding hydrogens is 254 g/mol. The molecule has 0 N–H and O–H groups in total. The summed E-state index contributed by atoms with van der Waals surface area (Å²) in [6, 6.07) is 1.80. The highest BCUT2D eigenvalue weighted by Crippen LogP contribution is 2.39. The normalized spacial score (nSPS) is 21.9. The van der Waals surface area contributed by atoms with E-state index in [1.165, 1.54) is 0 Å². The van der Waals surface area contributed by atoms with Crippen LogP contribution in [0.1, 0.15) is 45.2 Å². The Bertz CT molecular complexity index is 611. The number of allylic oxidation sites excluding steroid dienone is 1. The molecule has 0 aromatic carbocycles. The molecule has 20 heavy (non-hydrogen) atoms. The number of nitrogens with zero attached hydrogens (tertiary/aromatic N) is 3. The van der Waals surface area contributed by atoms with Crippen LogP contribution in [-0.2, 0) is 16.6 Å². The van der Waals surface area contributed by atoms with Crippen LogP contribution in [0.15, 0.2) is 28.5 Å². The van der Waals surface area contributed by atoms with Gasteiger partial charge in [-0.15, -0.1) is 0 Å². The fourth-order valence-corrected chi connectivity index (χ4v) is 2.69. The number of hydrogen-bond acceptors (Lipinski definition) is 4. The van der Waals surface area contributed by atoms with Gasteiger partial charge in [-0.2, -0.15) is 5.10 Å². The minimum absolute atomic E-state index is 0.323. The average Bonchev–Trinajstić information content (AvgIpc) is 2.96. The Morgan fingerprint density at radius 2 is 2.00 bits per heavy atom. The molecule has 2 heterocycles. The average molecular weight is 273 g/mol. The van der Waals surface area contributed by atoms with E-state index in [0.717, 1.165) is 37.0 Å². The van der Waals surface area contributed by atoms with Crippen molar-refractivity contribution in [2.24, 2.45) is 17.5 Å². The molecule has 1 aromatic heterocycles. The number of carbonyl (C=O) groups is 1. The number of esters is 1. The van der Waals surface area contributed by atoms with Crippen LogP contribution in [0.4, 0.5) is 0 Å². The minimum atomic E-state index is -0.323. The standard InChI is InChI=1S/C15H19N3O2/c1-15(2)7-4-10(5-8-15)12-14(19)20-13(17-12)11-6-9-16-18(11)3/h6,9H,4-5,7-8H2,1-3H3. The second kappa shape index (κ2) is 4.58. The highest BCUT2D eigenvalue weighted by molar-refractivity contribution is 6.10. The molecule has 0 radical (unpaired) electrons. The van der Waals surface area contributed by atoms with Crippen LogP contribution in [0.2, 0.25) is 0 Å².